The third-order valence-electron chi connectivity index (χ3n) is 3.69. The third kappa shape index (κ3) is 1.94. The van der Waals surface area contributed by atoms with Crippen LogP contribution in [0.2, 0.25) is 0 Å². The zero-order valence-electron chi connectivity index (χ0n) is 10.6. The minimum absolute atomic E-state index is 0.383. The molecule has 1 fully saturated rings. The molecule has 5 heteroatoms. The maximum absolute atomic E-state index is 5.69. The molecule has 0 amide bonds. The van der Waals surface area contributed by atoms with Crippen LogP contribution in [0.25, 0.3) is 11.0 Å². The Labute approximate surface area is 110 Å². The summed E-state index contributed by atoms with van der Waals surface area (Å²) in [6.07, 6.45) is 1.95. The molecule has 2 aliphatic heterocycles. The van der Waals surface area contributed by atoms with Crippen LogP contribution in [0.5, 0.6) is 11.5 Å². The number of imidazole rings is 1. The fourth-order valence-electron chi connectivity index (χ4n) is 2.63. The van der Waals surface area contributed by atoms with Crippen molar-refractivity contribution < 1.29 is 14.2 Å². The van der Waals surface area contributed by atoms with Crippen LogP contribution in [-0.4, -0.2) is 36.4 Å². The van der Waals surface area contributed by atoms with Gasteiger partial charge in [0, 0.05) is 31.1 Å². The van der Waals surface area contributed by atoms with Crippen LogP contribution >= 0.6 is 0 Å². The normalized spacial score (nSPS) is 22.6. The molecule has 1 aromatic heterocycles. The van der Waals surface area contributed by atoms with E-state index >= 15 is 0 Å². The van der Waals surface area contributed by atoms with E-state index in [-0.39, 0.29) is 0 Å². The van der Waals surface area contributed by atoms with Gasteiger partial charge in [0.1, 0.15) is 5.82 Å². The Kier molecular flexibility index (Phi) is 2.58. The van der Waals surface area contributed by atoms with Gasteiger partial charge in [-0.2, -0.15) is 0 Å². The molecular weight excluding hydrogens is 244 g/mol. The fourth-order valence-corrected chi connectivity index (χ4v) is 2.63. The Hall–Kier alpha value is -1.75. The summed E-state index contributed by atoms with van der Waals surface area (Å²) in [4.78, 5) is 8.04. The van der Waals surface area contributed by atoms with E-state index in [9.17, 15) is 0 Å². The number of ether oxygens (including phenoxy) is 3. The Morgan fingerprint density at radius 1 is 1.11 bits per heavy atom. The highest BCUT2D eigenvalue weighted by atomic mass is 16.5. The molecule has 2 aromatic rings. The van der Waals surface area contributed by atoms with Crippen molar-refractivity contribution in [1.82, 2.24) is 9.97 Å². The molecule has 100 valence electrons. The van der Waals surface area contributed by atoms with Crippen LogP contribution in [0.4, 0.5) is 0 Å². The lowest BCUT2D eigenvalue weighted by molar-refractivity contribution is 0.193. The first kappa shape index (κ1) is 11.1. The lowest BCUT2D eigenvalue weighted by Crippen LogP contribution is -1.99. The van der Waals surface area contributed by atoms with Crippen molar-refractivity contribution in [3.05, 3.63) is 18.0 Å². The van der Waals surface area contributed by atoms with E-state index in [2.05, 4.69) is 9.97 Å². The summed E-state index contributed by atoms with van der Waals surface area (Å²) in [5, 5.41) is 0. The second-order valence-electron chi connectivity index (χ2n) is 5.05. The summed E-state index contributed by atoms with van der Waals surface area (Å²) >= 11 is 0. The zero-order chi connectivity index (χ0) is 12.7. The molecular formula is C14H16N2O3. The number of nitrogens with one attached hydrogen (secondary N) is 1. The van der Waals surface area contributed by atoms with E-state index in [0.717, 1.165) is 54.4 Å². The Morgan fingerprint density at radius 2 is 1.95 bits per heavy atom. The number of H-pyrrole nitrogens is 1. The average Bonchev–Trinajstić information content (AvgIpc) is 3.01. The van der Waals surface area contributed by atoms with Crippen LogP contribution < -0.4 is 9.47 Å². The monoisotopic (exact) mass is 260 g/mol. The predicted molar refractivity (Wildman–Crippen MR) is 69.9 cm³/mol. The van der Waals surface area contributed by atoms with E-state index in [4.69, 9.17) is 14.2 Å². The van der Waals surface area contributed by atoms with Crippen molar-refractivity contribution >= 4 is 11.0 Å². The highest BCUT2D eigenvalue weighted by Crippen LogP contribution is 2.34. The van der Waals surface area contributed by atoms with Crippen molar-refractivity contribution in [2.75, 3.05) is 26.4 Å². The lowest BCUT2D eigenvalue weighted by Gasteiger charge is -2.05. The van der Waals surface area contributed by atoms with Gasteiger partial charge in [-0.3, -0.25) is 0 Å². The van der Waals surface area contributed by atoms with E-state index in [1.165, 1.54) is 0 Å². The number of benzene rings is 1. The first-order valence-electron chi connectivity index (χ1n) is 6.77. The first-order valence-corrected chi connectivity index (χ1v) is 6.77. The summed E-state index contributed by atoms with van der Waals surface area (Å²) < 4.78 is 16.8. The van der Waals surface area contributed by atoms with Gasteiger partial charge < -0.3 is 19.2 Å². The molecule has 19 heavy (non-hydrogen) atoms. The van der Waals surface area contributed by atoms with Gasteiger partial charge in [-0.05, 0) is 6.42 Å². The molecule has 1 N–H and O–H groups in total. The van der Waals surface area contributed by atoms with Gasteiger partial charge in [0.2, 0.25) is 0 Å². The number of rotatable bonds is 1. The molecule has 0 radical (unpaired) electrons. The van der Waals surface area contributed by atoms with Gasteiger partial charge in [0.05, 0.1) is 30.9 Å². The minimum Gasteiger partial charge on any atom is -0.489 e. The van der Waals surface area contributed by atoms with Crippen molar-refractivity contribution in [2.24, 2.45) is 0 Å². The summed E-state index contributed by atoms with van der Waals surface area (Å²) in [7, 11) is 0. The standard InChI is InChI=1S/C14H16N2O3/c1-3-18-12-6-10-11(7-13(12)19-4-1)16-14(15-10)9-2-5-17-8-9/h6-7,9H,1-5,8H2,(H,15,16). The number of aromatic nitrogens is 2. The summed E-state index contributed by atoms with van der Waals surface area (Å²) in [5.74, 6) is 3.00. The molecule has 0 spiro atoms. The zero-order valence-corrected chi connectivity index (χ0v) is 10.6. The highest BCUT2D eigenvalue weighted by Gasteiger charge is 2.22. The summed E-state index contributed by atoms with van der Waals surface area (Å²) in [6.45, 7) is 2.99. The van der Waals surface area contributed by atoms with Crippen LogP contribution in [-0.2, 0) is 4.74 Å². The Morgan fingerprint density at radius 3 is 2.74 bits per heavy atom. The molecule has 1 atom stereocenters. The molecule has 3 heterocycles. The molecule has 1 unspecified atom stereocenters. The van der Waals surface area contributed by atoms with Crippen molar-refractivity contribution in [1.29, 1.82) is 0 Å². The summed E-state index contributed by atoms with van der Waals surface area (Å²) in [6, 6.07) is 3.95. The van der Waals surface area contributed by atoms with E-state index in [0.29, 0.717) is 19.1 Å². The third-order valence-corrected chi connectivity index (χ3v) is 3.69. The maximum atomic E-state index is 5.69. The molecule has 5 nitrogen and oxygen atoms in total. The lowest BCUT2D eigenvalue weighted by atomic mass is 10.1. The van der Waals surface area contributed by atoms with Gasteiger partial charge in [-0.25, -0.2) is 4.98 Å². The number of fused-ring (bicyclic) bond motifs is 2. The molecule has 2 aliphatic rings. The molecule has 1 saturated heterocycles. The van der Waals surface area contributed by atoms with E-state index < -0.39 is 0 Å². The van der Waals surface area contributed by atoms with Gasteiger partial charge in [0.25, 0.3) is 0 Å². The largest absolute Gasteiger partial charge is 0.489 e. The van der Waals surface area contributed by atoms with Gasteiger partial charge in [-0.15, -0.1) is 0 Å². The fraction of sp³-hybridized carbons (Fsp3) is 0.500. The average molecular weight is 260 g/mol. The number of hydrogen-bond acceptors (Lipinski definition) is 4. The van der Waals surface area contributed by atoms with Gasteiger partial charge in [0.15, 0.2) is 11.5 Å². The topological polar surface area (TPSA) is 56.4 Å². The van der Waals surface area contributed by atoms with Gasteiger partial charge >= 0.3 is 0 Å². The molecule has 0 aliphatic carbocycles. The highest BCUT2D eigenvalue weighted by molar-refractivity contribution is 5.80. The number of nitrogens with zero attached hydrogens (tertiary/aromatic N) is 1. The van der Waals surface area contributed by atoms with Crippen LogP contribution in [0.15, 0.2) is 12.1 Å². The van der Waals surface area contributed by atoms with Crippen LogP contribution in [0.3, 0.4) is 0 Å². The van der Waals surface area contributed by atoms with Crippen molar-refractivity contribution in [2.45, 2.75) is 18.8 Å². The van der Waals surface area contributed by atoms with E-state index in [1.54, 1.807) is 0 Å². The second kappa shape index (κ2) is 4.42. The smallest absolute Gasteiger partial charge is 0.163 e. The van der Waals surface area contributed by atoms with Crippen molar-refractivity contribution in [3.63, 3.8) is 0 Å². The Balaban J connectivity index is 1.76. The van der Waals surface area contributed by atoms with Crippen LogP contribution in [0.1, 0.15) is 24.6 Å². The first-order chi connectivity index (χ1) is 9.40. The summed E-state index contributed by atoms with van der Waals surface area (Å²) in [5.41, 5.74) is 1.94. The van der Waals surface area contributed by atoms with Gasteiger partial charge in [-0.1, -0.05) is 0 Å². The predicted octanol–water partition coefficient (Wildman–Crippen LogP) is 2.23. The van der Waals surface area contributed by atoms with Crippen molar-refractivity contribution in [3.8, 4) is 11.5 Å². The molecule has 1 aromatic carbocycles. The second-order valence-corrected chi connectivity index (χ2v) is 5.05. The number of aromatic amines is 1. The SMILES string of the molecule is c1c2c(cc3[nH]c(C4CCOC4)nc13)OCCCO2. The number of hydrogen-bond donors (Lipinski definition) is 1. The molecule has 0 saturated carbocycles. The quantitative estimate of drug-likeness (QED) is 0.854. The van der Waals surface area contributed by atoms with E-state index in [1.807, 2.05) is 12.1 Å². The Bertz CT molecular complexity index is 559. The molecule has 4 rings (SSSR count). The maximum Gasteiger partial charge on any atom is 0.163 e. The van der Waals surface area contributed by atoms with Crippen LogP contribution in [0, 0.1) is 0 Å². The minimum atomic E-state index is 0.383. The molecule has 0 bridgehead atoms.